The van der Waals surface area contributed by atoms with E-state index in [1.165, 1.54) is 41.3 Å². The second-order valence-electron chi connectivity index (χ2n) is 5.14. The molecule has 0 spiro atoms. The van der Waals surface area contributed by atoms with E-state index in [4.69, 9.17) is 0 Å². The van der Waals surface area contributed by atoms with Gasteiger partial charge in [0.05, 0.1) is 20.7 Å². The number of rotatable bonds is 3. The van der Waals surface area contributed by atoms with Gasteiger partial charge in [-0.2, -0.15) is 0 Å². The fourth-order valence-corrected chi connectivity index (χ4v) is 3.08. The Morgan fingerprint density at radius 1 is 1.25 bits per heavy atom. The molecule has 0 aliphatic rings. The number of fused-ring (bicyclic) bond motifs is 1. The van der Waals surface area contributed by atoms with Gasteiger partial charge in [-0.05, 0) is 18.2 Å². The Bertz CT molecular complexity index is 1110. The average Bonchev–Trinajstić information content (AvgIpc) is 2.96. The van der Waals surface area contributed by atoms with Gasteiger partial charge in [0.2, 0.25) is 0 Å². The molecule has 24 heavy (non-hydrogen) atoms. The molecule has 3 rings (SSSR count). The van der Waals surface area contributed by atoms with Crippen LogP contribution in [0.25, 0.3) is 22.4 Å². The Hall–Kier alpha value is -3.07. The Kier molecular flexibility index (Phi) is 3.86. The molecule has 3 aromatic rings. The van der Waals surface area contributed by atoms with Crippen molar-refractivity contribution < 1.29 is 4.92 Å². The van der Waals surface area contributed by atoms with Crippen LogP contribution >= 0.6 is 11.3 Å². The van der Waals surface area contributed by atoms with E-state index < -0.39 is 16.2 Å². The summed E-state index contributed by atoms with van der Waals surface area (Å²) >= 11 is 1.36. The molecule has 0 aliphatic carbocycles. The summed E-state index contributed by atoms with van der Waals surface area (Å²) in [6, 6.07) is 4.48. The van der Waals surface area contributed by atoms with Crippen LogP contribution in [-0.2, 0) is 14.1 Å². The third-order valence-electron chi connectivity index (χ3n) is 3.48. The van der Waals surface area contributed by atoms with Crippen LogP contribution in [0.1, 0.15) is 10.6 Å². The molecular formula is C15H12N4O4S. The lowest BCUT2D eigenvalue weighted by Crippen LogP contribution is -2.37. The molecule has 2 heterocycles. The van der Waals surface area contributed by atoms with E-state index in [2.05, 4.69) is 4.98 Å². The van der Waals surface area contributed by atoms with Crippen molar-refractivity contribution >= 4 is 39.4 Å². The molecule has 0 saturated carbocycles. The third kappa shape index (κ3) is 2.76. The molecular weight excluding hydrogens is 332 g/mol. The maximum Gasteiger partial charge on any atom is 0.330 e. The first kappa shape index (κ1) is 15.8. The molecule has 0 saturated heterocycles. The highest BCUT2D eigenvalue weighted by Crippen LogP contribution is 2.26. The second kappa shape index (κ2) is 5.85. The Morgan fingerprint density at radius 3 is 2.71 bits per heavy atom. The molecule has 0 bridgehead atoms. The van der Waals surface area contributed by atoms with Gasteiger partial charge in [-0.3, -0.25) is 19.5 Å². The number of nitro benzene ring substituents is 1. The molecule has 0 aliphatic heterocycles. The number of hydrogen-bond donors (Lipinski definition) is 0. The standard InChI is InChI=1S/C15H12N4O4S/c1-17-8-9(14(20)18(2)15(17)21)3-6-13-16-11-7-10(19(22)23)4-5-12(11)24-13/h3-8H,1-2H3/b6-3+. The van der Waals surface area contributed by atoms with E-state index in [-0.39, 0.29) is 5.69 Å². The molecule has 0 N–H and O–H groups in total. The summed E-state index contributed by atoms with van der Waals surface area (Å²) < 4.78 is 3.16. The lowest BCUT2D eigenvalue weighted by Gasteiger charge is -2.02. The number of aromatic nitrogens is 3. The number of nitro groups is 1. The number of hydrogen-bond acceptors (Lipinski definition) is 6. The van der Waals surface area contributed by atoms with Gasteiger partial charge < -0.3 is 4.57 Å². The highest BCUT2D eigenvalue weighted by Gasteiger charge is 2.09. The SMILES string of the molecule is Cn1cc(/C=C/c2nc3cc([N+](=O)[O-])ccc3s2)c(=O)n(C)c1=O. The lowest BCUT2D eigenvalue weighted by atomic mass is 10.3. The highest BCUT2D eigenvalue weighted by molar-refractivity contribution is 7.19. The monoisotopic (exact) mass is 344 g/mol. The minimum Gasteiger partial charge on any atom is -0.303 e. The maximum atomic E-state index is 12.1. The molecule has 9 heteroatoms. The van der Waals surface area contributed by atoms with Crippen LogP contribution < -0.4 is 11.2 Å². The van der Waals surface area contributed by atoms with Crippen LogP contribution in [0.2, 0.25) is 0 Å². The number of aryl methyl sites for hydroxylation is 1. The fraction of sp³-hybridized carbons (Fsp3) is 0.133. The first-order valence-corrected chi connectivity index (χ1v) is 7.68. The normalized spacial score (nSPS) is 11.4. The predicted molar refractivity (Wildman–Crippen MR) is 92.1 cm³/mol. The third-order valence-corrected chi connectivity index (χ3v) is 4.48. The molecule has 122 valence electrons. The van der Waals surface area contributed by atoms with Gasteiger partial charge in [0.25, 0.3) is 11.2 Å². The second-order valence-corrected chi connectivity index (χ2v) is 6.20. The number of nitrogens with zero attached hydrogens (tertiary/aromatic N) is 4. The maximum absolute atomic E-state index is 12.1. The van der Waals surface area contributed by atoms with Crippen LogP contribution in [0.3, 0.4) is 0 Å². The summed E-state index contributed by atoms with van der Waals surface area (Å²) in [5, 5.41) is 11.4. The summed E-state index contributed by atoms with van der Waals surface area (Å²) in [7, 11) is 2.98. The minimum absolute atomic E-state index is 0.0183. The first-order valence-electron chi connectivity index (χ1n) is 6.86. The van der Waals surface area contributed by atoms with Crippen molar-refractivity contribution in [2.75, 3.05) is 0 Å². The van der Waals surface area contributed by atoms with Crippen molar-refractivity contribution in [1.29, 1.82) is 0 Å². The highest BCUT2D eigenvalue weighted by atomic mass is 32.1. The molecule has 0 unspecified atom stereocenters. The molecule has 0 amide bonds. The van der Waals surface area contributed by atoms with Crippen LogP contribution in [0.15, 0.2) is 34.0 Å². The Labute approximate surface area is 139 Å². The summed E-state index contributed by atoms with van der Waals surface area (Å²) in [5.74, 6) is 0. The molecule has 0 atom stereocenters. The summed E-state index contributed by atoms with van der Waals surface area (Å²) in [6.45, 7) is 0. The average molecular weight is 344 g/mol. The van der Waals surface area contributed by atoms with Gasteiger partial charge >= 0.3 is 5.69 Å². The number of non-ortho nitro benzene ring substituents is 1. The van der Waals surface area contributed by atoms with Crippen molar-refractivity contribution in [3.8, 4) is 0 Å². The topological polar surface area (TPSA) is 100 Å². The molecule has 8 nitrogen and oxygen atoms in total. The summed E-state index contributed by atoms with van der Waals surface area (Å²) in [5.41, 5.74) is 0.0675. The van der Waals surface area contributed by atoms with E-state index in [1.807, 2.05) is 0 Å². The summed E-state index contributed by atoms with van der Waals surface area (Å²) in [4.78, 5) is 38.4. The van der Waals surface area contributed by atoms with Gasteiger partial charge in [0.1, 0.15) is 5.01 Å². The van der Waals surface area contributed by atoms with Gasteiger partial charge in [-0.1, -0.05) is 0 Å². The van der Waals surface area contributed by atoms with Crippen LogP contribution in [0.4, 0.5) is 5.69 Å². The Balaban J connectivity index is 2.01. The van der Waals surface area contributed by atoms with Crippen molar-refractivity contribution in [2.45, 2.75) is 0 Å². The zero-order valence-electron chi connectivity index (χ0n) is 12.8. The van der Waals surface area contributed by atoms with Crippen LogP contribution in [-0.4, -0.2) is 19.0 Å². The minimum atomic E-state index is -0.470. The zero-order chi connectivity index (χ0) is 17.4. The summed E-state index contributed by atoms with van der Waals surface area (Å²) in [6.07, 6.45) is 4.69. The zero-order valence-corrected chi connectivity index (χ0v) is 13.6. The van der Waals surface area contributed by atoms with Crippen LogP contribution in [0.5, 0.6) is 0 Å². The van der Waals surface area contributed by atoms with E-state index in [1.54, 1.807) is 25.3 Å². The van der Waals surface area contributed by atoms with Crippen LogP contribution in [0, 0.1) is 10.1 Å². The first-order chi connectivity index (χ1) is 11.4. The van der Waals surface area contributed by atoms with Gasteiger partial charge in [-0.15, -0.1) is 11.3 Å². The fourth-order valence-electron chi connectivity index (χ4n) is 2.23. The van der Waals surface area contributed by atoms with Crippen molar-refractivity contribution in [3.63, 3.8) is 0 Å². The molecule has 2 aromatic heterocycles. The number of thiazole rings is 1. The van der Waals surface area contributed by atoms with Gasteiger partial charge in [0, 0.05) is 32.4 Å². The van der Waals surface area contributed by atoms with Crippen molar-refractivity contribution in [1.82, 2.24) is 14.1 Å². The van der Waals surface area contributed by atoms with E-state index in [0.717, 1.165) is 9.27 Å². The smallest absolute Gasteiger partial charge is 0.303 e. The molecule has 0 fully saturated rings. The van der Waals surface area contributed by atoms with E-state index in [9.17, 15) is 19.7 Å². The Morgan fingerprint density at radius 2 is 2.00 bits per heavy atom. The van der Waals surface area contributed by atoms with Gasteiger partial charge in [-0.25, -0.2) is 9.78 Å². The van der Waals surface area contributed by atoms with E-state index >= 15 is 0 Å². The largest absolute Gasteiger partial charge is 0.330 e. The van der Waals surface area contributed by atoms with E-state index in [0.29, 0.717) is 16.1 Å². The van der Waals surface area contributed by atoms with Crippen molar-refractivity contribution in [2.24, 2.45) is 14.1 Å². The molecule has 1 aromatic carbocycles. The number of benzene rings is 1. The molecule has 0 radical (unpaired) electrons. The lowest BCUT2D eigenvalue weighted by molar-refractivity contribution is -0.384. The van der Waals surface area contributed by atoms with Gasteiger partial charge in [0.15, 0.2) is 0 Å². The quantitative estimate of drug-likeness (QED) is 0.532. The predicted octanol–water partition coefficient (Wildman–Crippen LogP) is 1.77. The van der Waals surface area contributed by atoms with Crippen molar-refractivity contribution in [3.05, 3.63) is 65.9 Å².